The maximum atomic E-state index is 6.39. The summed E-state index contributed by atoms with van der Waals surface area (Å²) in [4.78, 5) is 0. The predicted molar refractivity (Wildman–Crippen MR) is 88.7 cm³/mol. The normalized spacial score (nSPS) is 35.5. The predicted octanol–water partition coefficient (Wildman–Crippen LogP) is 4.11. The van der Waals surface area contributed by atoms with Gasteiger partial charge in [-0.2, -0.15) is 0 Å². The molecule has 2 nitrogen and oxygen atoms in total. The summed E-state index contributed by atoms with van der Waals surface area (Å²) in [5, 5.41) is 2.09. The van der Waals surface area contributed by atoms with Crippen molar-refractivity contribution >= 4 is 56.8 Å². The molecule has 0 spiro atoms. The Morgan fingerprint density at radius 1 is 1.50 bits per heavy atom. The molecule has 0 amide bonds. The van der Waals surface area contributed by atoms with Gasteiger partial charge in [-0.05, 0) is 53.1 Å². The molecule has 0 saturated carbocycles. The summed E-state index contributed by atoms with van der Waals surface area (Å²) < 4.78 is 13.8. The molecule has 0 aromatic carbocycles. The first kappa shape index (κ1) is 17.5. The Balaban J connectivity index is 0.00000147. The van der Waals surface area contributed by atoms with Crippen LogP contribution in [-0.4, -0.2) is 46.9 Å². The summed E-state index contributed by atoms with van der Waals surface area (Å²) in [6, 6.07) is 2.13. The first-order chi connectivity index (χ1) is 8.95. The van der Waals surface area contributed by atoms with E-state index >= 15 is 0 Å². The van der Waals surface area contributed by atoms with Gasteiger partial charge in [-0.15, -0.1) is 11.3 Å². The third kappa shape index (κ3) is 2.94. The number of thiophene rings is 1. The molecule has 3 unspecified atom stereocenters. The van der Waals surface area contributed by atoms with Crippen LogP contribution in [0.5, 0.6) is 0 Å². The van der Waals surface area contributed by atoms with E-state index in [0.717, 1.165) is 12.8 Å². The Hall–Kier alpha value is 1.10. The molecule has 2 bridgehead atoms. The minimum atomic E-state index is -0.0766. The second-order valence-electron chi connectivity index (χ2n) is 6.36. The number of fused-ring (bicyclic) bond motifs is 2. The average Bonchev–Trinajstić information content (AvgIpc) is 2.98. The van der Waals surface area contributed by atoms with Gasteiger partial charge in [0.05, 0.1) is 27.7 Å². The molecule has 0 radical (unpaired) electrons. The molecule has 2 saturated heterocycles. The van der Waals surface area contributed by atoms with Crippen LogP contribution in [-0.2, 0) is 16.1 Å². The molecule has 3 rings (SSSR count). The van der Waals surface area contributed by atoms with E-state index in [1.807, 2.05) is 0 Å². The Kier molecular flexibility index (Phi) is 5.50. The van der Waals surface area contributed by atoms with Crippen LogP contribution in [0, 0.1) is 5.92 Å². The van der Waals surface area contributed by atoms with Gasteiger partial charge in [0.25, 0.3) is 0 Å². The molecule has 0 aliphatic carbocycles. The standard InChI is InChI=1S/C15H21BrO2S.Na.H/c1-10(2)15-6-5-14(3,18-15)12(8-15)17-9-11-4-7-19-13(11)16;;/h4,7,10,12H,5-6,8-9H2,1-3H3;;. The number of hydrogen-bond donors (Lipinski definition) is 0. The topological polar surface area (TPSA) is 18.5 Å². The van der Waals surface area contributed by atoms with Gasteiger partial charge in [-0.1, -0.05) is 13.8 Å². The first-order valence-electron chi connectivity index (χ1n) is 6.99. The average molecular weight is 369 g/mol. The van der Waals surface area contributed by atoms with Crippen molar-refractivity contribution < 1.29 is 9.47 Å². The van der Waals surface area contributed by atoms with E-state index in [0.29, 0.717) is 12.5 Å². The zero-order valence-electron chi connectivity index (χ0n) is 11.7. The Labute approximate surface area is 156 Å². The fraction of sp³-hybridized carbons (Fsp3) is 0.733. The summed E-state index contributed by atoms with van der Waals surface area (Å²) in [6.07, 6.45) is 3.59. The van der Waals surface area contributed by atoms with Crippen molar-refractivity contribution in [1.82, 2.24) is 0 Å². The fourth-order valence-corrected chi connectivity index (χ4v) is 4.62. The van der Waals surface area contributed by atoms with Crippen LogP contribution in [0.3, 0.4) is 0 Å². The molecule has 3 heterocycles. The van der Waals surface area contributed by atoms with Gasteiger partial charge in [0.2, 0.25) is 0 Å². The first-order valence-corrected chi connectivity index (χ1v) is 8.66. The SMILES string of the molecule is CC(C)C12CCC(C)(O1)C(OCc1ccsc1Br)C2.[NaH]. The van der Waals surface area contributed by atoms with Crippen LogP contribution < -0.4 is 0 Å². The Bertz CT molecular complexity index is 478. The van der Waals surface area contributed by atoms with Crippen molar-refractivity contribution in [3.05, 3.63) is 20.8 Å². The fourth-order valence-electron chi connectivity index (χ4n) is 3.42. The quantitative estimate of drug-likeness (QED) is 0.744. The number of halogens is 1. The number of rotatable bonds is 4. The van der Waals surface area contributed by atoms with Crippen molar-refractivity contribution in [3.63, 3.8) is 0 Å². The van der Waals surface area contributed by atoms with Gasteiger partial charge < -0.3 is 9.47 Å². The minimum absolute atomic E-state index is 0. The van der Waals surface area contributed by atoms with E-state index in [-0.39, 0.29) is 46.9 Å². The molecular weight excluding hydrogens is 347 g/mol. The summed E-state index contributed by atoms with van der Waals surface area (Å²) in [6.45, 7) is 7.44. The molecular formula is C15H22BrNaO2S. The summed E-state index contributed by atoms with van der Waals surface area (Å²) in [7, 11) is 0. The van der Waals surface area contributed by atoms with E-state index in [4.69, 9.17) is 9.47 Å². The molecule has 1 aromatic heterocycles. The van der Waals surface area contributed by atoms with Crippen molar-refractivity contribution in [2.75, 3.05) is 0 Å². The van der Waals surface area contributed by atoms with Gasteiger partial charge in [0, 0.05) is 12.0 Å². The van der Waals surface area contributed by atoms with Gasteiger partial charge in [0.15, 0.2) is 0 Å². The summed E-state index contributed by atoms with van der Waals surface area (Å²) >= 11 is 5.28. The van der Waals surface area contributed by atoms with Crippen LogP contribution in [0.15, 0.2) is 15.2 Å². The molecule has 0 N–H and O–H groups in total. The molecule has 2 aliphatic rings. The zero-order chi connectivity index (χ0) is 13.7. The number of hydrogen-bond acceptors (Lipinski definition) is 3. The van der Waals surface area contributed by atoms with Crippen LogP contribution >= 0.6 is 27.3 Å². The van der Waals surface area contributed by atoms with Crippen LogP contribution in [0.4, 0.5) is 0 Å². The van der Waals surface area contributed by atoms with Crippen molar-refractivity contribution in [3.8, 4) is 0 Å². The Morgan fingerprint density at radius 2 is 2.25 bits per heavy atom. The third-order valence-corrected chi connectivity index (χ3v) is 6.69. The monoisotopic (exact) mass is 368 g/mol. The number of ether oxygens (including phenoxy) is 2. The molecule has 108 valence electrons. The molecule has 1 aromatic rings. The summed E-state index contributed by atoms with van der Waals surface area (Å²) in [5.41, 5.74) is 1.23. The van der Waals surface area contributed by atoms with E-state index in [2.05, 4.69) is 48.1 Å². The van der Waals surface area contributed by atoms with Crippen LogP contribution in [0.2, 0.25) is 0 Å². The maximum absolute atomic E-state index is 6.39. The van der Waals surface area contributed by atoms with Crippen molar-refractivity contribution in [2.24, 2.45) is 5.92 Å². The Morgan fingerprint density at radius 3 is 2.80 bits per heavy atom. The van der Waals surface area contributed by atoms with Gasteiger partial charge in [-0.25, -0.2) is 0 Å². The van der Waals surface area contributed by atoms with E-state index in [1.54, 1.807) is 11.3 Å². The van der Waals surface area contributed by atoms with E-state index in [9.17, 15) is 0 Å². The summed E-state index contributed by atoms with van der Waals surface area (Å²) in [5.74, 6) is 0.566. The van der Waals surface area contributed by atoms with Crippen molar-refractivity contribution in [2.45, 2.75) is 63.9 Å². The van der Waals surface area contributed by atoms with Crippen LogP contribution in [0.25, 0.3) is 0 Å². The second-order valence-corrected chi connectivity index (χ2v) is 8.59. The van der Waals surface area contributed by atoms with Gasteiger partial charge in [-0.3, -0.25) is 0 Å². The molecule has 5 heteroatoms. The van der Waals surface area contributed by atoms with E-state index < -0.39 is 0 Å². The van der Waals surface area contributed by atoms with Crippen molar-refractivity contribution in [1.29, 1.82) is 0 Å². The molecule has 2 aliphatic heterocycles. The van der Waals surface area contributed by atoms with E-state index in [1.165, 1.54) is 15.8 Å². The zero-order valence-corrected chi connectivity index (χ0v) is 14.1. The third-order valence-electron chi connectivity index (χ3n) is 4.88. The van der Waals surface area contributed by atoms with Gasteiger partial charge >= 0.3 is 29.6 Å². The molecule has 2 fully saturated rings. The van der Waals surface area contributed by atoms with Crippen LogP contribution in [0.1, 0.15) is 45.6 Å². The van der Waals surface area contributed by atoms with Gasteiger partial charge in [0.1, 0.15) is 0 Å². The molecule has 20 heavy (non-hydrogen) atoms. The molecule has 3 atom stereocenters. The second kappa shape index (κ2) is 6.31.